The van der Waals surface area contributed by atoms with E-state index < -0.39 is 15.6 Å². The summed E-state index contributed by atoms with van der Waals surface area (Å²) in [6.07, 6.45) is 2.99. The molecule has 0 atom stereocenters. The first-order chi connectivity index (χ1) is 19.8. The van der Waals surface area contributed by atoms with Crippen LogP contribution in [0.15, 0.2) is 71.6 Å². The molecule has 0 aliphatic rings. The number of nitrogens with zero attached hydrogens (tertiary/aromatic N) is 1. The first-order valence-electron chi connectivity index (χ1n) is 14.2. The van der Waals surface area contributed by atoms with Gasteiger partial charge < -0.3 is 14.4 Å². The second kappa shape index (κ2) is 15.5. The Labute approximate surface area is 256 Å². The summed E-state index contributed by atoms with van der Waals surface area (Å²) in [5.74, 6) is 0.617. The maximum absolute atomic E-state index is 12.7. The highest BCUT2D eigenvalue weighted by Gasteiger charge is 2.17. The van der Waals surface area contributed by atoms with Gasteiger partial charge in [0.2, 0.25) is 10.0 Å². The van der Waals surface area contributed by atoms with Gasteiger partial charge in [-0.05, 0) is 119 Å². The Hall–Kier alpha value is -2.91. The molecule has 0 heterocycles. The van der Waals surface area contributed by atoms with Crippen molar-refractivity contribution in [3.63, 3.8) is 0 Å². The molecule has 9 heteroatoms. The molecule has 228 valence electrons. The van der Waals surface area contributed by atoms with Gasteiger partial charge >= 0.3 is 5.97 Å². The van der Waals surface area contributed by atoms with Crippen molar-refractivity contribution >= 4 is 27.6 Å². The lowest BCUT2D eigenvalue weighted by atomic mass is 9.96. The lowest BCUT2D eigenvalue weighted by Gasteiger charge is -2.19. The number of halogens is 1. The largest absolute Gasteiger partial charge is 0.492 e. The number of hydrogen-bond donors (Lipinski definition) is 1. The van der Waals surface area contributed by atoms with Crippen LogP contribution in [-0.4, -0.2) is 58.7 Å². The summed E-state index contributed by atoms with van der Waals surface area (Å²) in [6.45, 7) is 7.32. The van der Waals surface area contributed by atoms with Gasteiger partial charge in [0.1, 0.15) is 18.0 Å². The molecular formula is C33H43ClN2O5S. The molecule has 3 aromatic rings. The minimum absolute atomic E-state index is 0.174. The van der Waals surface area contributed by atoms with Crippen molar-refractivity contribution < 1.29 is 22.7 Å². The molecule has 0 saturated heterocycles. The van der Waals surface area contributed by atoms with Crippen molar-refractivity contribution in [2.24, 2.45) is 0 Å². The predicted molar refractivity (Wildman–Crippen MR) is 169 cm³/mol. The van der Waals surface area contributed by atoms with Crippen LogP contribution in [0.2, 0.25) is 5.02 Å². The molecule has 0 amide bonds. The van der Waals surface area contributed by atoms with Crippen molar-refractivity contribution in [1.82, 2.24) is 9.62 Å². The molecule has 1 N–H and O–H groups in total. The third-order valence-corrected chi connectivity index (χ3v) is 8.14. The summed E-state index contributed by atoms with van der Waals surface area (Å²) >= 11 is 5.90. The molecular weight excluding hydrogens is 572 g/mol. The Kier molecular flexibility index (Phi) is 12.4. The van der Waals surface area contributed by atoms with Crippen molar-refractivity contribution in [2.45, 2.75) is 63.4 Å². The van der Waals surface area contributed by atoms with Crippen LogP contribution in [-0.2, 0) is 45.2 Å². The van der Waals surface area contributed by atoms with Crippen molar-refractivity contribution in [1.29, 1.82) is 0 Å². The normalized spacial score (nSPS) is 12.0. The summed E-state index contributed by atoms with van der Waals surface area (Å²) in [6, 6.07) is 20.6. The highest BCUT2D eigenvalue weighted by atomic mass is 35.5. The van der Waals surface area contributed by atoms with E-state index in [9.17, 15) is 13.2 Å². The van der Waals surface area contributed by atoms with Gasteiger partial charge in [-0.15, -0.1) is 0 Å². The molecule has 42 heavy (non-hydrogen) atoms. The molecule has 0 saturated carbocycles. The van der Waals surface area contributed by atoms with E-state index in [0.717, 1.165) is 41.8 Å². The molecule has 0 unspecified atom stereocenters. The number of benzene rings is 3. The van der Waals surface area contributed by atoms with Gasteiger partial charge in [0.05, 0.1) is 4.90 Å². The second-order valence-electron chi connectivity index (χ2n) is 11.6. The molecule has 0 fully saturated rings. The van der Waals surface area contributed by atoms with Crippen LogP contribution in [0.1, 0.15) is 49.4 Å². The molecule has 3 rings (SSSR count). The number of carbonyl (C=O) groups excluding carboxylic acids is 1. The molecule has 0 bridgehead atoms. The minimum Gasteiger partial charge on any atom is -0.492 e. The summed E-state index contributed by atoms with van der Waals surface area (Å²) in [4.78, 5) is 14.6. The second-order valence-corrected chi connectivity index (χ2v) is 13.8. The molecule has 0 aliphatic carbocycles. The fourth-order valence-corrected chi connectivity index (χ4v) is 5.48. The van der Waals surface area contributed by atoms with E-state index in [1.165, 1.54) is 17.7 Å². The minimum atomic E-state index is -3.65. The van der Waals surface area contributed by atoms with Crippen molar-refractivity contribution in [3.8, 4) is 5.75 Å². The lowest BCUT2D eigenvalue weighted by molar-refractivity contribution is -0.154. The quantitative estimate of drug-likeness (QED) is 0.216. The van der Waals surface area contributed by atoms with Crippen LogP contribution < -0.4 is 9.46 Å². The molecule has 0 spiro atoms. The number of ether oxygens (including phenoxy) is 2. The number of aryl methyl sites for hydroxylation is 3. The summed E-state index contributed by atoms with van der Waals surface area (Å²) in [7, 11) is 0.387. The zero-order chi connectivity index (χ0) is 30.8. The summed E-state index contributed by atoms with van der Waals surface area (Å²) in [5.41, 5.74) is 3.84. The van der Waals surface area contributed by atoms with Crippen LogP contribution in [0, 0.1) is 0 Å². The number of nitrogens with one attached hydrogen (secondary N) is 1. The van der Waals surface area contributed by atoms with Gasteiger partial charge in [-0.2, -0.15) is 0 Å². The number of rotatable bonds is 15. The first kappa shape index (κ1) is 33.6. The Balaban J connectivity index is 1.67. The zero-order valence-electron chi connectivity index (χ0n) is 25.3. The third-order valence-electron chi connectivity index (χ3n) is 6.41. The van der Waals surface area contributed by atoms with Gasteiger partial charge in [-0.25, -0.2) is 13.1 Å². The van der Waals surface area contributed by atoms with Crippen LogP contribution >= 0.6 is 11.6 Å². The maximum atomic E-state index is 12.7. The predicted octanol–water partition coefficient (Wildman–Crippen LogP) is 5.86. The van der Waals surface area contributed by atoms with Gasteiger partial charge in [0.15, 0.2) is 0 Å². The van der Waals surface area contributed by atoms with Crippen molar-refractivity contribution in [3.05, 3.63) is 94.0 Å². The number of likely N-dealkylation sites (N-methyl/N-ethyl adjacent to an activating group) is 1. The molecule has 0 aromatic heterocycles. The third kappa shape index (κ3) is 12.1. The number of sulfonamides is 1. The van der Waals surface area contributed by atoms with Gasteiger partial charge in [0.25, 0.3) is 0 Å². The first-order valence-corrected chi connectivity index (χ1v) is 16.1. The molecule has 7 nitrogen and oxygen atoms in total. The van der Waals surface area contributed by atoms with Gasteiger partial charge in [-0.1, -0.05) is 41.9 Å². The number of carbonyl (C=O) groups is 1. The monoisotopic (exact) mass is 614 g/mol. The van der Waals surface area contributed by atoms with E-state index in [1.54, 1.807) is 12.1 Å². The maximum Gasteiger partial charge on any atom is 0.306 e. The zero-order valence-corrected chi connectivity index (χ0v) is 26.9. The topological polar surface area (TPSA) is 84.9 Å². The van der Waals surface area contributed by atoms with Gasteiger partial charge in [0, 0.05) is 24.5 Å². The molecule has 3 aromatic carbocycles. The Bertz CT molecular complexity index is 1400. The van der Waals surface area contributed by atoms with E-state index in [0.29, 0.717) is 24.5 Å². The SMILES string of the molecule is CN(C)CCOc1ccc(CCc2cc(CCNS(=O)(=O)c3ccc(Cl)cc3)cc(CCC(=O)OC(C)(C)C)c2)cc1. The van der Waals surface area contributed by atoms with E-state index in [1.807, 2.05) is 53.1 Å². The van der Waals surface area contributed by atoms with Gasteiger partial charge in [-0.3, -0.25) is 4.79 Å². The summed E-state index contributed by atoms with van der Waals surface area (Å²) in [5, 5.41) is 0.481. The van der Waals surface area contributed by atoms with Crippen LogP contribution in [0.25, 0.3) is 0 Å². The fraction of sp³-hybridized carbons (Fsp3) is 0.424. The van der Waals surface area contributed by atoms with E-state index >= 15 is 0 Å². The highest BCUT2D eigenvalue weighted by molar-refractivity contribution is 7.89. The molecule has 0 radical (unpaired) electrons. The van der Waals surface area contributed by atoms with E-state index in [-0.39, 0.29) is 23.8 Å². The van der Waals surface area contributed by atoms with Crippen LogP contribution in [0.4, 0.5) is 0 Å². The van der Waals surface area contributed by atoms with E-state index in [4.69, 9.17) is 21.1 Å². The smallest absolute Gasteiger partial charge is 0.306 e. The Morgan fingerprint density at radius 3 is 2.00 bits per heavy atom. The average Bonchev–Trinajstić information content (AvgIpc) is 2.90. The lowest BCUT2D eigenvalue weighted by Crippen LogP contribution is -2.26. The fourth-order valence-electron chi connectivity index (χ4n) is 4.33. The Morgan fingerprint density at radius 2 is 1.40 bits per heavy atom. The Morgan fingerprint density at radius 1 is 0.833 bits per heavy atom. The van der Waals surface area contributed by atoms with Crippen LogP contribution in [0.5, 0.6) is 5.75 Å². The number of esters is 1. The average molecular weight is 615 g/mol. The number of hydrogen-bond acceptors (Lipinski definition) is 6. The standard InChI is InChI=1S/C33H43ClN2O5S/c1-33(2,3)41-32(37)17-10-27-22-26(7-6-25-8-13-30(14-9-25)40-21-20-36(4)5)23-28(24-27)18-19-35-42(38,39)31-15-11-29(34)12-16-31/h8-9,11-16,22-24,35H,6-7,10,17-21H2,1-5H3. The van der Waals surface area contributed by atoms with Crippen LogP contribution in [0.3, 0.4) is 0 Å². The van der Waals surface area contributed by atoms with Crippen molar-refractivity contribution in [2.75, 3.05) is 33.8 Å². The molecule has 0 aliphatic heterocycles. The highest BCUT2D eigenvalue weighted by Crippen LogP contribution is 2.19. The summed E-state index contributed by atoms with van der Waals surface area (Å²) < 4.78 is 39.4. The van der Waals surface area contributed by atoms with E-state index in [2.05, 4.69) is 33.9 Å².